The Morgan fingerprint density at radius 1 is 0.923 bits per heavy atom. The molecule has 0 unspecified atom stereocenters. The molecular formula is C18H21BrN2O5. The fourth-order valence-corrected chi connectivity index (χ4v) is 3.01. The van der Waals surface area contributed by atoms with Gasteiger partial charge in [0.05, 0.1) is 12.8 Å². The number of rotatable bonds is 4. The first kappa shape index (κ1) is 20.2. The highest BCUT2D eigenvalue weighted by Crippen LogP contribution is 2.19. The quantitative estimate of drug-likeness (QED) is 0.727. The zero-order chi connectivity index (χ0) is 18.9. The van der Waals surface area contributed by atoms with Crippen LogP contribution in [0.2, 0.25) is 0 Å². The van der Waals surface area contributed by atoms with Crippen molar-refractivity contribution in [3.8, 4) is 0 Å². The summed E-state index contributed by atoms with van der Waals surface area (Å²) in [6.45, 7) is 6.38. The Morgan fingerprint density at radius 3 is 2.00 bits per heavy atom. The van der Waals surface area contributed by atoms with Gasteiger partial charge in [-0.25, -0.2) is 9.59 Å². The molecule has 26 heavy (non-hydrogen) atoms. The van der Waals surface area contributed by atoms with Crippen LogP contribution < -0.4 is 0 Å². The van der Waals surface area contributed by atoms with Crippen LogP contribution in [-0.2, 0) is 22.7 Å². The third-order valence-corrected chi connectivity index (χ3v) is 4.73. The summed E-state index contributed by atoms with van der Waals surface area (Å²) < 4.78 is 6.62. The molecule has 7 nitrogen and oxygen atoms in total. The number of aliphatic carboxylic acids is 2. The molecular weight excluding hydrogens is 404 g/mol. The van der Waals surface area contributed by atoms with E-state index in [0.29, 0.717) is 0 Å². The molecule has 1 fully saturated rings. The van der Waals surface area contributed by atoms with E-state index in [2.05, 4.69) is 50.0 Å². The van der Waals surface area contributed by atoms with Crippen molar-refractivity contribution in [1.82, 2.24) is 9.80 Å². The topological polar surface area (TPSA) is 94.2 Å². The molecule has 3 rings (SSSR count). The van der Waals surface area contributed by atoms with Gasteiger partial charge in [0.15, 0.2) is 0 Å². The summed E-state index contributed by atoms with van der Waals surface area (Å²) in [6.07, 6.45) is 1.75. The number of halogens is 1. The summed E-state index contributed by atoms with van der Waals surface area (Å²) >= 11 is 3.63. The Morgan fingerprint density at radius 2 is 1.50 bits per heavy atom. The average Bonchev–Trinajstić information content (AvgIpc) is 3.12. The molecule has 1 aliphatic heterocycles. The molecule has 0 radical (unpaired) electrons. The molecule has 0 atom stereocenters. The molecule has 0 spiro atoms. The predicted octanol–water partition coefficient (Wildman–Crippen LogP) is 2.52. The molecule has 1 aliphatic rings. The third kappa shape index (κ3) is 6.62. The van der Waals surface area contributed by atoms with Crippen molar-refractivity contribution in [2.24, 2.45) is 0 Å². The molecule has 0 saturated carbocycles. The van der Waals surface area contributed by atoms with Crippen LogP contribution in [0.4, 0.5) is 0 Å². The summed E-state index contributed by atoms with van der Waals surface area (Å²) in [7, 11) is 0. The summed E-state index contributed by atoms with van der Waals surface area (Å²) in [5.74, 6) is -2.59. The number of piperazine rings is 1. The van der Waals surface area contributed by atoms with E-state index in [9.17, 15) is 0 Å². The molecule has 1 saturated heterocycles. The Labute approximate surface area is 160 Å². The van der Waals surface area contributed by atoms with Crippen LogP contribution in [0.25, 0.3) is 0 Å². The lowest BCUT2D eigenvalue weighted by Gasteiger charge is -2.34. The number of furan rings is 1. The normalized spacial score (nSPS) is 15.1. The number of hydrogen-bond acceptors (Lipinski definition) is 5. The highest BCUT2D eigenvalue weighted by Gasteiger charge is 2.18. The SMILES string of the molecule is Brc1ccccc1CN1CCN(Cc2ccco2)CC1.O=C(O)C(=O)O. The standard InChI is InChI=1S/C16H19BrN2O.C2H2O4/c17-16-6-2-1-4-14(16)12-18-7-9-19(10-8-18)13-15-5-3-11-20-15;3-1(4)2(5)6/h1-6,11H,7-10,12-13H2;(H,3,4)(H,5,6). The largest absolute Gasteiger partial charge is 0.473 e. The molecule has 8 heteroatoms. The van der Waals surface area contributed by atoms with Gasteiger partial charge in [0.2, 0.25) is 0 Å². The van der Waals surface area contributed by atoms with E-state index in [1.54, 1.807) is 6.26 Å². The second-order valence-corrected chi connectivity index (χ2v) is 6.69. The maximum absolute atomic E-state index is 9.10. The first-order valence-electron chi connectivity index (χ1n) is 8.12. The van der Waals surface area contributed by atoms with Gasteiger partial charge < -0.3 is 14.6 Å². The van der Waals surface area contributed by atoms with Crippen molar-refractivity contribution >= 4 is 27.9 Å². The number of nitrogens with zero attached hydrogens (tertiary/aromatic N) is 2. The lowest BCUT2D eigenvalue weighted by atomic mass is 10.2. The maximum Gasteiger partial charge on any atom is 0.414 e. The van der Waals surface area contributed by atoms with Crippen molar-refractivity contribution in [3.63, 3.8) is 0 Å². The lowest BCUT2D eigenvalue weighted by molar-refractivity contribution is -0.159. The number of carboxylic acids is 2. The van der Waals surface area contributed by atoms with Gasteiger partial charge in [-0.1, -0.05) is 34.1 Å². The second-order valence-electron chi connectivity index (χ2n) is 5.83. The monoisotopic (exact) mass is 424 g/mol. The lowest BCUT2D eigenvalue weighted by Crippen LogP contribution is -2.45. The van der Waals surface area contributed by atoms with Crippen LogP contribution in [-0.4, -0.2) is 58.1 Å². The Balaban J connectivity index is 0.000000352. The molecule has 140 valence electrons. The molecule has 0 amide bonds. The minimum absolute atomic E-state index is 0.926. The highest BCUT2D eigenvalue weighted by atomic mass is 79.9. The third-order valence-electron chi connectivity index (χ3n) is 3.96. The smallest absolute Gasteiger partial charge is 0.414 e. The number of hydrogen-bond donors (Lipinski definition) is 2. The van der Waals surface area contributed by atoms with Gasteiger partial charge in [-0.2, -0.15) is 0 Å². The predicted molar refractivity (Wildman–Crippen MR) is 98.7 cm³/mol. The molecule has 2 aromatic rings. The zero-order valence-electron chi connectivity index (χ0n) is 14.2. The van der Waals surface area contributed by atoms with Crippen molar-refractivity contribution in [3.05, 3.63) is 58.5 Å². The molecule has 0 bridgehead atoms. The van der Waals surface area contributed by atoms with Crippen molar-refractivity contribution < 1.29 is 24.2 Å². The second kappa shape index (κ2) is 10.1. The summed E-state index contributed by atoms with van der Waals surface area (Å²) in [4.78, 5) is 23.2. The summed E-state index contributed by atoms with van der Waals surface area (Å²) in [6, 6.07) is 12.5. The van der Waals surface area contributed by atoms with Gasteiger partial charge in [0, 0.05) is 37.2 Å². The Kier molecular flexibility index (Phi) is 7.83. The molecule has 2 heterocycles. The fourth-order valence-electron chi connectivity index (χ4n) is 2.60. The first-order chi connectivity index (χ1) is 12.5. The molecule has 1 aromatic carbocycles. The van der Waals surface area contributed by atoms with Gasteiger partial charge >= 0.3 is 11.9 Å². The van der Waals surface area contributed by atoms with Crippen molar-refractivity contribution in [2.45, 2.75) is 13.1 Å². The highest BCUT2D eigenvalue weighted by molar-refractivity contribution is 9.10. The van der Waals surface area contributed by atoms with Gasteiger partial charge in [0.25, 0.3) is 0 Å². The summed E-state index contributed by atoms with van der Waals surface area (Å²) in [5.41, 5.74) is 1.37. The van der Waals surface area contributed by atoms with Crippen LogP contribution >= 0.6 is 15.9 Å². The van der Waals surface area contributed by atoms with E-state index in [0.717, 1.165) is 45.0 Å². The van der Waals surface area contributed by atoms with Gasteiger partial charge in [-0.05, 0) is 23.8 Å². The van der Waals surface area contributed by atoms with Crippen LogP contribution in [0.15, 0.2) is 51.6 Å². The first-order valence-corrected chi connectivity index (χ1v) is 8.91. The van der Waals surface area contributed by atoms with E-state index < -0.39 is 11.9 Å². The van der Waals surface area contributed by atoms with E-state index in [1.165, 1.54) is 10.0 Å². The Bertz CT molecular complexity index is 700. The minimum Gasteiger partial charge on any atom is -0.473 e. The number of carbonyl (C=O) groups is 2. The zero-order valence-corrected chi connectivity index (χ0v) is 15.8. The van der Waals surface area contributed by atoms with Crippen molar-refractivity contribution in [2.75, 3.05) is 26.2 Å². The van der Waals surface area contributed by atoms with Crippen LogP contribution in [0.1, 0.15) is 11.3 Å². The minimum atomic E-state index is -1.82. The molecule has 1 aromatic heterocycles. The molecule has 0 aliphatic carbocycles. The van der Waals surface area contributed by atoms with Gasteiger partial charge in [-0.15, -0.1) is 0 Å². The van der Waals surface area contributed by atoms with Gasteiger partial charge in [-0.3, -0.25) is 9.80 Å². The van der Waals surface area contributed by atoms with E-state index in [-0.39, 0.29) is 0 Å². The van der Waals surface area contributed by atoms with E-state index in [4.69, 9.17) is 24.2 Å². The van der Waals surface area contributed by atoms with E-state index in [1.807, 2.05) is 12.1 Å². The number of carboxylic acid groups (broad SMARTS) is 2. The average molecular weight is 425 g/mol. The van der Waals surface area contributed by atoms with Crippen LogP contribution in [0, 0.1) is 0 Å². The van der Waals surface area contributed by atoms with Crippen LogP contribution in [0.5, 0.6) is 0 Å². The van der Waals surface area contributed by atoms with E-state index >= 15 is 0 Å². The molecule has 2 N–H and O–H groups in total. The maximum atomic E-state index is 9.10. The fraction of sp³-hybridized carbons (Fsp3) is 0.333. The van der Waals surface area contributed by atoms with Crippen molar-refractivity contribution in [1.29, 1.82) is 0 Å². The Hall–Kier alpha value is -2.16. The van der Waals surface area contributed by atoms with Crippen LogP contribution in [0.3, 0.4) is 0 Å². The van der Waals surface area contributed by atoms with Gasteiger partial charge in [0.1, 0.15) is 5.76 Å². The number of benzene rings is 1. The summed E-state index contributed by atoms with van der Waals surface area (Å²) in [5, 5.41) is 14.8.